The van der Waals surface area contributed by atoms with E-state index in [1.807, 2.05) is 0 Å². The van der Waals surface area contributed by atoms with Gasteiger partial charge in [0.2, 0.25) is 6.79 Å². The molecule has 0 saturated carbocycles. The third-order valence-corrected chi connectivity index (χ3v) is 3.60. The lowest BCUT2D eigenvalue weighted by Gasteiger charge is -2.08. The molecule has 1 unspecified atom stereocenters. The summed E-state index contributed by atoms with van der Waals surface area (Å²) in [7, 11) is -5.38. The van der Waals surface area contributed by atoms with Gasteiger partial charge in [0.15, 0.2) is 0 Å². The van der Waals surface area contributed by atoms with Crippen LogP contribution in [0, 0.1) is 5.82 Å². The molecular formula is C9H11FO5PS+. The van der Waals surface area contributed by atoms with Gasteiger partial charge in [-0.1, -0.05) is 19.1 Å². The van der Waals surface area contributed by atoms with Crippen molar-refractivity contribution in [2.24, 2.45) is 0 Å². The molecule has 0 N–H and O–H groups in total. The molecule has 0 aromatic heterocycles. The summed E-state index contributed by atoms with van der Waals surface area (Å²) in [4.78, 5) is -0.500. The summed E-state index contributed by atoms with van der Waals surface area (Å²) >= 11 is 0. The third kappa shape index (κ3) is 3.54. The Morgan fingerprint density at radius 1 is 1.41 bits per heavy atom. The second-order valence-electron chi connectivity index (χ2n) is 3.00. The summed E-state index contributed by atoms with van der Waals surface area (Å²) in [5.41, 5.74) is 0.314. The highest BCUT2D eigenvalue weighted by molar-refractivity contribution is 7.86. The van der Waals surface area contributed by atoms with Gasteiger partial charge in [-0.15, -0.1) is 4.52 Å². The summed E-state index contributed by atoms with van der Waals surface area (Å²) in [5.74, 6) is -0.881. The summed E-state index contributed by atoms with van der Waals surface area (Å²) in [6.07, 6.45) is 0.347. The molecule has 0 amide bonds. The van der Waals surface area contributed by atoms with Crippen LogP contribution in [0.25, 0.3) is 0 Å². The molecular weight excluding hydrogens is 270 g/mol. The van der Waals surface area contributed by atoms with E-state index in [-0.39, 0.29) is 0 Å². The van der Waals surface area contributed by atoms with Crippen molar-refractivity contribution >= 4 is 18.8 Å². The Morgan fingerprint density at radius 3 is 2.71 bits per heavy atom. The molecule has 1 aromatic carbocycles. The predicted octanol–water partition coefficient (Wildman–Crippen LogP) is 2.01. The lowest BCUT2D eigenvalue weighted by molar-refractivity contribution is 0.139. The van der Waals surface area contributed by atoms with Crippen molar-refractivity contribution in [1.29, 1.82) is 0 Å². The molecule has 0 saturated heterocycles. The molecule has 5 nitrogen and oxygen atoms in total. The number of hydrogen-bond acceptors (Lipinski definition) is 5. The van der Waals surface area contributed by atoms with Crippen molar-refractivity contribution in [1.82, 2.24) is 0 Å². The fourth-order valence-electron chi connectivity index (χ4n) is 1.28. The summed E-state index contributed by atoms with van der Waals surface area (Å²) in [6.45, 7) is 0.991. The fourth-order valence-corrected chi connectivity index (χ4v) is 2.61. The van der Waals surface area contributed by atoms with Crippen molar-refractivity contribution in [2.75, 3.05) is 6.79 Å². The zero-order valence-corrected chi connectivity index (χ0v) is 10.8. The van der Waals surface area contributed by atoms with Gasteiger partial charge in [0.25, 0.3) is 0 Å². The van der Waals surface area contributed by atoms with E-state index in [0.29, 0.717) is 12.0 Å². The van der Waals surface area contributed by atoms with Gasteiger partial charge in [0, 0.05) is 0 Å². The minimum atomic E-state index is -4.24. The fraction of sp³-hybridized carbons (Fsp3) is 0.333. The van der Waals surface area contributed by atoms with Crippen LogP contribution in [0.3, 0.4) is 0 Å². The van der Waals surface area contributed by atoms with Crippen LogP contribution in [0.4, 0.5) is 4.39 Å². The number of halogens is 1. The van der Waals surface area contributed by atoms with Gasteiger partial charge in [-0.3, -0.25) is 0 Å². The monoisotopic (exact) mass is 281 g/mol. The average molecular weight is 281 g/mol. The Hall–Kier alpha value is -0.880. The Kier molecular flexibility index (Phi) is 5.14. The van der Waals surface area contributed by atoms with Gasteiger partial charge in [-0.2, -0.15) is 8.42 Å². The first-order chi connectivity index (χ1) is 8.03. The first-order valence-corrected chi connectivity index (χ1v) is 6.91. The van der Waals surface area contributed by atoms with Crippen molar-refractivity contribution in [2.45, 2.75) is 18.2 Å². The van der Waals surface area contributed by atoms with Gasteiger partial charge in [-0.05, 0) is 22.6 Å². The molecule has 0 bridgehead atoms. The van der Waals surface area contributed by atoms with E-state index in [1.165, 1.54) is 12.1 Å². The maximum Gasteiger partial charge on any atom is 0.496 e. The quantitative estimate of drug-likeness (QED) is 0.345. The van der Waals surface area contributed by atoms with E-state index in [0.717, 1.165) is 6.07 Å². The van der Waals surface area contributed by atoms with Gasteiger partial charge < -0.3 is 0 Å². The van der Waals surface area contributed by atoms with Crippen LogP contribution in [0.5, 0.6) is 0 Å². The number of rotatable bonds is 6. The maximum atomic E-state index is 13.5. The molecule has 17 heavy (non-hydrogen) atoms. The van der Waals surface area contributed by atoms with Crippen molar-refractivity contribution in [3.63, 3.8) is 0 Å². The van der Waals surface area contributed by atoms with Crippen LogP contribution >= 0.6 is 8.69 Å². The van der Waals surface area contributed by atoms with Gasteiger partial charge in [-0.25, -0.2) is 8.57 Å². The van der Waals surface area contributed by atoms with Crippen LogP contribution in [0.15, 0.2) is 23.1 Å². The SMILES string of the molecule is CCc1cccc(F)c1S(=O)(=O)OCO[PH+]=O. The maximum absolute atomic E-state index is 13.5. The van der Waals surface area contributed by atoms with Crippen LogP contribution < -0.4 is 0 Å². The molecule has 0 spiro atoms. The second-order valence-corrected chi connectivity index (χ2v) is 5.01. The molecule has 1 aromatic rings. The molecule has 0 aliphatic carbocycles. The van der Waals surface area contributed by atoms with Gasteiger partial charge >= 0.3 is 18.8 Å². The van der Waals surface area contributed by atoms with E-state index in [4.69, 9.17) is 0 Å². The zero-order chi connectivity index (χ0) is 12.9. The summed E-state index contributed by atoms with van der Waals surface area (Å²) in [6, 6.07) is 3.95. The first-order valence-electron chi connectivity index (χ1n) is 4.68. The third-order valence-electron chi connectivity index (χ3n) is 2.00. The number of benzene rings is 1. The van der Waals surface area contributed by atoms with E-state index in [2.05, 4.69) is 8.71 Å². The Bertz CT molecular complexity index is 502. The highest BCUT2D eigenvalue weighted by atomic mass is 32.2. The number of aryl methyl sites for hydroxylation is 1. The first kappa shape index (κ1) is 14.2. The second kappa shape index (κ2) is 6.16. The average Bonchev–Trinajstić information content (AvgIpc) is 2.28. The summed E-state index contributed by atoms with van der Waals surface area (Å²) < 4.78 is 55.5. The minimum Gasteiger partial charge on any atom is -0.232 e. The van der Waals surface area contributed by atoms with Crippen LogP contribution in [0.2, 0.25) is 0 Å². The van der Waals surface area contributed by atoms with E-state index < -0.39 is 36.3 Å². The highest BCUT2D eigenvalue weighted by Gasteiger charge is 2.24. The van der Waals surface area contributed by atoms with Crippen LogP contribution in [0.1, 0.15) is 12.5 Å². The minimum absolute atomic E-state index is 0.314. The standard InChI is InChI=1S/C9H11FO5PS/c1-2-7-4-3-5-8(10)9(7)17(12,13)15-6-14-16-11/h3-5,16H,2,6H2,1H3/q+1. The highest BCUT2D eigenvalue weighted by Crippen LogP contribution is 2.22. The molecule has 0 aliphatic rings. The van der Waals surface area contributed by atoms with Crippen LogP contribution in [-0.2, 0) is 29.8 Å². The lowest BCUT2D eigenvalue weighted by atomic mass is 10.2. The molecule has 1 atom stereocenters. The van der Waals surface area contributed by atoms with E-state index in [1.54, 1.807) is 6.92 Å². The molecule has 0 radical (unpaired) electrons. The van der Waals surface area contributed by atoms with Crippen molar-refractivity contribution < 1.29 is 26.1 Å². The van der Waals surface area contributed by atoms with Gasteiger partial charge in [0.1, 0.15) is 10.7 Å². The van der Waals surface area contributed by atoms with Gasteiger partial charge in [0.05, 0.1) is 0 Å². The van der Waals surface area contributed by atoms with Crippen LogP contribution in [-0.4, -0.2) is 15.2 Å². The molecule has 0 heterocycles. The lowest BCUT2D eigenvalue weighted by Crippen LogP contribution is -2.12. The molecule has 0 fully saturated rings. The van der Waals surface area contributed by atoms with Crippen molar-refractivity contribution in [3.8, 4) is 0 Å². The Morgan fingerprint density at radius 2 is 2.12 bits per heavy atom. The molecule has 1 rings (SSSR count). The predicted molar refractivity (Wildman–Crippen MR) is 59.0 cm³/mol. The molecule has 0 aliphatic heterocycles. The normalized spacial score (nSPS) is 11.9. The molecule has 8 heteroatoms. The molecule has 94 valence electrons. The van der Waals surface area contributed by atoms with E-state index >= 15 is 0 Å². The number of hydrogen-bond donors (Lipinski definition) is 0. The summed E-state index contributed by atoms with van der Waals surface area (Å²) in [5, 5.41) is 0. The Labute approximate surface area is 100.0 Å². The smallest absolute Gasteiger partial charge is 0.232 e. The van der Waals surface area contributed by atoms with E-state index in [9.17, 15) is 17.4 Å². The topological polar surface area (TPSA) is 69.7 Å². The zero-order valence-electron chi connectivity index (χ0n) is 8.97. The van der Waals surface area contributed by atoms with Crippen molar-refractivity contribution in [3.05, 3.63) is 29.6 Å². The Balaban J connectivity index is 3.09. The largest absolute Gasteiger partial charge is 0.496 e.